The number of rotatable bonds is 11. The van der Waals surface area contributed by atoms with E-state index in [1.807, 2.05) is 48.7 Å². The van der Waals surface area contributed by atoms with Crippen molar-refractivity contribution in [3.05, 3.63) is 193 Å². The number of aromatic nitrogens is 4. The Balaban J connectivity index is 0.000000189. The minimum absolute atomic E-state index is 0.0141. The smallest absolute Gasteiger partial charge is 0.317 e. The lowest BCUT2D eigenvalue weighted by molar-refractivity contribution is 0.280. The Morgan fingerprint density at radius 1 is 0.460 bits per heavy atom. The average molecular weight is 967 g/mol. The Hall–Kier alpha value is -5.40. The molecule has 0 saturated carbocycles. The monoisotopic (exact) mass is 964 g/mol. The largest absolute Gasteiger partial charge is 0.459 e. The van der Waals surface area contributed by atoms with Gasteiger partial charge < -0.3 is 9.47 Å². The van der Waals surface area contributed by atoms with Gasteiger partial charge in [-0.05, 0) is 90.2 Å². The van der Waals surface area contributed by atoms with Crippen LogP contribution in [0.4, 0.5) is 17.6 Å². The molecule has 0 unspecified atom stereocenters. The molecule has 2 heterocycles. The Bertz CT molecular complexity index is 2910. The Labute approximate surface area is 388 Å². The second kappa shape index (κ2) is 20.9. The van der Waals surface area contributed by atoms with Crippen molar-refractivity contribution in [2.45, 2.75) is 18.1 Å². The number of hydrogen-bond donors (Lipinski definition) is 0. The third-order valence-electron chi connectivity index (χ3n) is 9.16. The summed E-state index contributed by atoms with van der Waals surface area (Å²) in [5.41, 5.74) is 6.52. The van der Waals surface area contributed by atoms with E-state index in [1.165, 1.54) is 12.1 Å². The number of ether oxygens (including phenoxy) is 2. The Kier molecular flexibility index (Phi) is 15.1. The third-order valence-corrected chi connectivity index (χ3v) is 11.3. The molecule has 6 aromatic carbocycles. The number of thioether (sulfide) groups is 1. The molecule has 0 radical (unpaired) electrons. The summed E-state index contributed by atoms with van der Waals surface area (Å²) in [4.78, 5) is 18.7. The van der Waals surface area contributed by atoms with Crippen molar-refractivity contribution < 1.29 is 27.0 Å². The summed E-state index contributed by atoms with van der Waals surface area (Å²) in [5.74, 6) is -3.72. The van der Waals surface area contributed by atoms with E-state index in [1.54, 1.807) is 66.6 Å². The van der Waals surface area contributed by atoms with Gasteiger partial charge in [0.2, 0.25) is 0 Å². The first-order valence-corrected chi connectivity index (χ1v) is 21.7. The molecule has 0 aliphatic rings. The second-order valence-electron chi connectivity index (χ2n) is 13.4. The molecular formula is C47H29Cl5F4N4O2S. The van der Waals surface area contributed by atoms with Crippen LogP contribution in [0.1, 0.15) is 11.1 Å². The first-order valence-electron chi connectivity index (χ1n) is 18.5. The van der Waals surface area contributed by atoms with Gasteiger partial charge in [0.1, 0.15) is 13.2 Å². The quantitative estimate of drug-likeness (QED) is 0.0945. The van der Waals surface area contributed by atoms with E-state index in [2.05, 4.69) is 19.9 Å². The molecule has 63 heavy (non-hydrogen) atoms. The predicted octanol–water partition coefficient (Wildman–Crippen LogP) is 15.3. The van der Waals surface area contributed by atoms with Crippen molar-refractivity contribution in [2.75, 3.05) is 6.26 Å². The fourth-order valence-electron chi connectivity index (χ4n) is 6.02. The van der Waals surface area contributed by atoms with E-state index in [0.717, 1.165) is 51.4 Å². The van der Waals surface area contributed by atoms with Gasteiger partial charge in [0, 0.05) is 70.8 Å². The predicted molar refractivity (Wildman–Crippen MR) is 244 cm³/mol. The van der Waals surface area contributed by atoms with Crippen molar-refractivity contribution >= 4 is 69.8 Å². The highest BCUT2D eigenvalue weighted by atomic mass is 35.5. The van der Waals surface area contributed by atoms with Crippen LogP contribution in [-0.4, -0.2) is 26.2 Å². The number of halogens is 9. The minimum atomic E-state index is -0.948. The van der Waals surface area contributed by atoms with Crippen molar-refractivity contribution in [1.82, 2.24) is 19.9 Å². The first-order chi connectivity index (χ1) is 30.3. The van der Waals surface area contributed by atoms with Gasteiger partial charge in [0.05, 0.1) is 16.4 Å². The van der Waals surface area contributed by atoms with Crippen LogP contribution in [0, 0.1) is 23.3 Å². The maximum absolute atomic E-state index is 13.5. The van der Waals surface area contributed by atoms with Crippen LogP contribution in [0.5, 0.6) is 12.0 Å². The van der Waals surface area contributed by atoms with Gasteiger partial charge in [0.25, 0.3) is 0 Å². The van der Waals surface area contributed by atoms with Crippen LogP contribution in [0.25, 0.3) is 44.8 Å². The van der Waals surface area contributed by atoms with Crippen LogP contribution in [0.3, 0.4) is 0 Å². The van der Waals surface area contributed by atoms with E-state index in [9.17, 15) is 17.6 Å². The molecule has 8 rings (SSSR count). The average Bonchev–Trinajstić information content (AvgIpc) is 3.28. The molecule has 0 atom stereocenters. The van der Waals surface area contributed by atoms with Gasteiger partial charge in [-0.3, -0.25) is 0 Å². The molecule has 318 valence electrons. The maximum Gasteiger partial charge on any atom is 0.317 e. The lowest BCUT2D eigenvalue weighted by Gasteiger charge is -2.13. The zero-order valence-corrected chi connectivity index (χ0v) is 37.1. The third kappa shape index (κ3) is 11.6. The fourth-order valence-corrected chi connectivity index (χ4v) is 7.57. The Morgan fingerprint density at radius 2 is 0.889 bits per heavy atom. The molecule has 0 fully saturated rings. The van der Waals surface area contributed by atoms with E-state index in [-0.39, 0.29) is 25.2 Å². The van der Waals surface area contributed by atoms with Crippen molar-refractivity contribution in [3.63, 3.8) is 0 Å². The van der Waals surface area contributed by atoms with Crippen LogP contribution in [0.15, 0.2) is 139 Å². The summed E-state index contributed by atoms with van der Waals surface area (Å²) in [6, 6.07) is 32.6. The molecule has 0 amide bonds. The van der Waals surface area contributed by atoms with E-state index < -0.39 is 23.3 Å². The maximum atomic E-state index is 13.5. The zero-order chi connectivity index (χ0) is 44.6. The van der Waals surface area contributed by atoms with E-state index in [0.29, 0.717) is 58.8 Å². The summed E-state index contributed by atoms with van der Waals surface area (Å²) < 4.78 is 64.5. The van der Waals surface area contributed by atoms with Gasteiger partial charge in [-0.2, -0.15) is 9.97 Å². The molecule has 0 bridgehead atoms. The van der Waals surface area contributed by atoms with Crippen LogP contribution >= 0.6 is 69.8 Å². The molecule has 2 aromatic heterocycles. The van der Waals surface area contributed by atoms with E-state index >= 15 is 0 Å². The number of hydrogen-bond acceptors (Lipinski definition) is 7. The van der Waals surface area contributed by atoms with Crippen molar-refractivity contribution in [3.8, 4) is 56.8 Å². The lowest BCUT2D eigenvalue weighted by atomic mass is 10.0. The molecule has 0 spiro atoms. The van der Waals surface area contributed by atoms with Crippen LogP contribution < -0.4 is 9.47 Å². The highest BCUT2D eigenvalue weighted by Crippen LogP contribution is 2.39. The van der Waals surface area contributed by atoms with Crippen molar-refractivity contribution in [1.29, 1.82) is 0 Å². The molecule has 0 N–H and O–H groups in total. The van der Waals surface area contributed by atoms with Crippen molar-refractivity contribution in [2.24, 2.45) is 0 Å². The fraction of sp³-hybridized carbons (Fsp3) is 0.0638. The van der Waals surface area contributed by atoms with Gasteiger partial charge in [-0.1, -0.05) is 107 Å². The van der Waals surface area contributed by atoms with Gasteiger partial charge in [0.15, 0.2) is 23.3 Å². The molecule has 8 aromatic rings. The SMILES string of the molecule is CSc1ccc(-c2cnc(OCc3ccc(F)c(F)c3)nc2-c2ccc(Cl)cc2)c(Cl)c1.Fc1ccc(COc2ncc(-c3ccc(Cl)cc3Cl)c(-c3ccc(Cl)cc3)n2)cc1F. The Morgan fingerprint density at radius 3 is 1.30 bits per heavy atom. The second-order valence-corrected chi connectivity index (χ2v) is 16.4. The summed E-state index contributed by atoms with van der Waals surface area (Å²) in [5, 5.41) is 2.71. The van der Waals surface area contributed by atoms with Crippen LogP contribution in [0.2, 0.25) is 25.1 Å². The molecule has 0 saturated heterocycles. The molecular weight excluding hydrogens is 938 g/mol. The summed E-state index contributed by atoms with van der Waals surface area (Å²) >= 11 is 32.6. The lowest BCUT2D eigenvalue weighted by Crippen LogP contribution is -2.02. The number of nitrogens with zero attached hydrogens (tertiary/aromatic N) is 4. The number of benzene rings is 6. The highest BCUT2D eigenvalue weighted by Gasteiger charge is 2.18. The summed E-state index contributed by atoms with van der Waals surface area (Å²) in [6.07, 6.45) is 5.21. The minimum Gasteiger partial charge on any atom is -0.459 e. The normalized spacial score (nSPS) is 10.9. The standard InChI is InChI=1S/C24H16Cl2F2N2OS.C23H13Cl3F2N2O/c1-32-17-7-8-18(20(26)11-17)19-12-29-24(30-23(19)15-3-5-16(25)6-4-15)31-13-14-2-9-21(27)22(28)10-14;24-15-4-2-14(3-5-15)22-18(17-7-6-16(25)10-19(17)26)11-29-23(30-22)31-12-13-1-8-20(27)21(28)9-13/h2-12H,13H2,1H3;1-11H,12H2. The molecule has 0 aliphatic heterocycles. The first kappa shape index (κ1) is 45.6. The highest BCUT2D eigenvalue weighted by molar-refractivity contribution is 7.98. The van der Waals surface area contributed by atoms with Gasteiger partial charge in [-0.25, -0.2) is 27.5 Å². The molecule has 0 aliphatic carbocycles. The molecule has 16 heteroatoms. The summed E-state index contributed by atoms with van der Waals surface area (Å²) in [7, 11) is 0. The van der Waals surface area contributed by atoms with E-state index in [4.69, 9.17) is 67.5 Å². The van der Waals surface area contributed by atoms with Gasteiger partial charge in [-0.15, -0.1) is 11.8 Å². The van der Waals surface area contributed by atoms with Gasteiger partial charge >= 0.3 is 12.0 Å². The van der Waals surface area contributed by atoms with Crippen LogP contribution in [-0.2, 0) is 13.2 Å². The topological polar surface area (TPSA) is 70.0 Å². The zero-order valence-electron chi connectivity index (χ0n) is 32.5. The summed E-state index contributed by atoms with van der Waals surface area (Å²) in [6.45, 7) is -0.0436. The molecule has 6 nitrogen and oxygen atoms in total.